The summed E-state index contributed by atoms with van der Waals surface area (Å²) in [4.78, 5) is 0. The van der Waals surface area contributed by atoms with Crippen molar-refractivity contribution in [1.29, 1.82) is 0 Å². The molecule has 1 saturated carbocycles. The number of hydrogen-bond donors (Lipinski definition) is 1. The Hall–Kier alpha value is -0.890. The first kappa shape index (κ1) is 11.6. The highest BCUT2D eigenvalue weighted by Gasteiger charge is 2.30. The van der Waals surface area contributed by atoms with Crippen LogP contribution in [0.1, 0.15) is 41.9 Å². The summed E-state index contributed by atoms with van der Waals surface area (Å²) < 4.78 is 14.0. The Morgan fingerprint density at radius 2 is 2.00 bits per heavy atom. The second-order valence-electron chi connectivity index (χ2n) is 4.91. The molecule has 1 N–H and O–H groups in total. The van der Waals surface area contributed by atoms with Crippen molar-refractivity contribution in [2.45, 2.75) is 45.1 Å². The van der Waals surface area contributed by atoms with Gasteiger partial charge in [0.05, 0.1) is 0 Å². The van der Waals surface area contributed by atoms with Gasteiger partial charge in [0.1, 0.15) is 5.82 Å². The van der Waals surface area contributed by atoms with Gasteiger partial charge in [-0.05, 0) is 56.5 Å². The number of nitrogens with one attached hydrogen (secondary N) is 1. The Bertz CT molecular complexity index is 363. The standard InChI is InChI=1S/C14H20FN/c1-9-7-10(2)14(12(15)8-9)11-5-4-6-13(11)16-3/h7-8,11,13,16H,4-6H2,1-3H3. The van der Waals surface area contributed by atoms with Crippen LogP contribution in [-0.2, 0) is 0 Å². The van der Waals surface area contributed by atoms with Gasteiger partial charge in [-0.3, -0.25) is 0 Å². The van der Waals surface area contributed by atoms with Crippen LogP contribution in [0.25, 0.3) is 0 Å². The molecule has 1 aliphatic rings. The molecular formula is C14H20FN. The second-order valence-corrected chi connectivity index (χ2v) is 4.91. The second kappa shape index (κ2) is 4.54. The molecule has 1 aromatic rings. The van der Waals surface area contributed by atoms with E-state index < -0.39 is 0 Å². The molecule has 1 nitrogen and oxygen atoms in total. The van der Waals surface area contributed by atoms with E-state index in [4.69, 9.17) is 0 Å². The van der Waals surface area contributed by atoms with Crippen molar-refractivity contribution in [1.82, 2.24) is 5.32 Å². The van der Waals surface area contributed by atoms with Gasteiger partial charge < -0.3 is 5.32 Å². The third-order valence-corrected chi connectivity index (χ3v) is 3.74. The van der Waals surface area contributed by atoms with Crippen LogP contribution in [0.3, 0.4) is 0 Å². The predicted octanol–water partition coefficient (Wildman–Crippen LogP) is 3.30. The summed E-state index contributed by atoms with van der Waals surface area (Å²) in [5.41, 5.74) is 3.05. The summed E-state index contributed by atoms with van der Waals surface area (Å²) in [6.07, 6.45) is 3.46. The first-order chi connectivity index (χ1) is 7.63. The van der Waals surface area contributed by atoms with Gasteiger partial charge in [0.2, 0.25) is 0 Å². The predicted molar refractivity (Wildman–Crippen MR) is 65.3 cm³/mol. The highest BCUT2D eigenvalue weighted by molar-refractivity contribution is 5.36. The van der Waals surface area contributed by atoms with Crippen LogP contribution in [0.4, 0.5) is 4.39 Å². The zero-order chi connectivity index (χ0) is 11.7. The van der Waals surface area contributed by atoms with Gasteiger partial charge in [-0.15, -0.1) is 0 Å². The fourth-order valence-electron chi connectivity index (χ4n) is 3.05. The molecule has 88 valence electrons. The molecule has 2 atom stereocenters. The lowest BCUT2D eigenvalue weighted by molar-refractivity contribution is 0.495. The molecule has 0 aromatic heterocycles. The van der Waals surface area contributed by atoms with Gasteiger partial charge >= 0.3 is 0 Å². The number of hydrogen-bond acceptors (Lipinski definition) is 1. The highest BCUT2D eigenvalue weighted by atomic mass is 19.1. The van der Waals surface area contributed by atoms with Crippen LogP contribution < -0.4 is 5.32 Å². The average molecular weight is 221 g/mol. The highest BCUT2D eigenvalue weighted by Crippen LogP contribution is 2.37. The van der Waals surface area contributed by atoms with E-state index in [0.29, 0.717) is 12.0 Å². The van der Waals surface area contributed by atoms with Crippen LogP contribution in [0.5, 0.6) is 0 Å². The molecule has 0 bridgehead atoms. The fraction of sp³-hybridized carbons (Fsp3) is 0.571. The van der Waals surface area contributed by atoms with Crippen LogP contribution in [-0.4, -0.2) is 13.1 Å². The monoisotopic (exact) mass is 221 g/mol. The smallest absolute Gasteiger partial charge is 0.127 e. The van der Waals surface area contributed by atoms with E-state index >= 15 is 0 Å². The Balaban J connectivity index is 2.39. The number of likely N-dealkylation sites (N-methyl/N-ethyl adjacent to an activating group) is 1. The third-order valence-electron chi connectivity index (χ3n) is 3.74. The molecule has 2 unspecified atom stereocenters. The molecule has 1 fully saturated rings. The Labute approximate surface area is 97.1 Å². The number of benzene rings is 1. The van der Waals surface area contributed by atoms with E-state index in [0.717, 1.165) is 29.5 Å². The number of halogens is 1. The molecule has 0 heterocycles. The van der Waals surface area contributed by atoms with Crippen molar-refractivity contribution in [2.75, 3.05) is 7.05 Å². The molecule has 0 saturated heterocycles. The summed E-state index contributed by atoms with van der Waals surface area (Å²) in [7, 11) is 1.98. The van der Waals surface area contributed by atoms with Crippen molar-refractivity contribution in [3.05, 3.63) is 34.6 Å². The van der Waals surface area contributed by atoms with E-state index in [1.165, 1.54) is 6.42 Å². The average Bonchev–Trinajstić information content (AvgIpc) is 2.64. The summed E-state index contributed by atoms with van der Waals surface area (Å²) >= 11 is 0. The molecule has 2 heteroatoms. The maximum absolute atomic E-state index is 14.0. The molecule has 0 spiro atoms. The minimum absolute atomic E-state index is 0.0235. The number of rotatable bonds is 2. The molecule has 2 rings (SSSR count). The fourth-order valence-corrected chi connectivity index (χ4v) is 3.05. The summed E-state index contributed by atoms with van der Waals surface area (Å²) in [6, 6.07) is 4.19. The molecule has 0 amide bonds. The van der Waals surface area contributed by atoms with Crippen LogP contribution in [0, 0.1) is 19.7 Å². The normalized spacial score (nSPS) is 25.0. The summed E-state index contributed by atoms with van der Waals surface area (Å²) in [6.45, 7) is 3.97. The molecule has 0 aliphatic heterocycles. The van der Waals surface area contributed by atoms with Crippen LogP contribution in [0.15, 0.2) is 12.1 Å². The maximum Gasteiger partial charge on any atom is 0.127 e. The van der Waals surface area contributed by atoms with Crippen molar-refractivity contribution in [2.24, 2.45) is 0 Å². The Morgan fingerprint density at radius 3 is 2.62 bits per heavy atom. The van der Waals surface area contributed by atoms with Crippen molar-refractivity contribution >= 4 is 0 Å². The van der Waals surface area contributed by atoms with Gasteiger partial charge in [0.25, 0.3) is 0 Å². The zero-order valence-corrected chi connectivity index (χ0v) is 10.3. The zero-order valence-electron chi connectivity index (χ0n) is 10.3. The van der Waals surface area contributed by atoms with Gasteiger partial charge in [-0.2, -0.15) is 0 Å². The molecule has 16 heavy (non-hydrogen) atoms. The number of aryl methyl sites for hydroxylation is 2. The van der Waals surface area contributed by atoms with Crippen molar-refractivity contribution < 1.29 is 4.39 Å². The quantitative estimate of drug-likeness (QED) is 0.808. The summed E-state index contributed by atoms with van der Waals surface area (Å²) in [5.74, 6) is 0.329. The van der Waals surface area contributed by atoms with Crippen LogP contribution in [0.2, 0.25) is 0 Å². The maximum atomic E-state index is 14.0. The molecule has 1 aromatic carbocycles. The molecule has 1 aliphatic carbocycles. The van der Waals surface area contributed by atoms with E-state index in [1.807, 2.05) is 20.9 Å². The van der Waals surface area contributed by atoms with Crippen LogP contribution >= 0.6 is 0 Å². The van der Waals surface area contributed by atoms with E-state index in [9.17, 15) is 4.39 Å². The Morgan fingerprint density at radius 1 is 1.25 bits per heavy atom. The van der Waals surface area contributed by atoms with Gasteiger partial charge in [0.15, 0.2) is 0 Å². The van der Waals surface area contributed by atoms with Crippen molar-refractivity contribution in [3.63, 3.8) is 0 Å². The van der Waals surface area contributed by atoms with Gasteiger partial charge in [0, 0.05) is 12.0 Å². The van der Waals surface area contributed by atoms with Gasteiger partial charge in [-0.1, -0.05) is 12.5 Å². The van der Waals surface area contributed by atoms with E-state index in [2.05, 4.69) is 11.4 Å². The lowest BCUT2D eigenvalue weighted by Crippen LogP contribution is -2.28. The first-order valence-corrected chi connectivity index (χ1v) is 6.07. The lowest BCUT2D eigenvalue weighted by Gasteiger charge is -2.22. The van der Waals surface area contributed by atoms with Crippen molar-refractivity contribution in [3.8, 4) is 0 Å². The lowest BCUT2D eigenvalue weighted by atomic mass is 9.89. The summed E-state index contributed by atoms with van der Waals surface area (Å²) in [5, 5.41) is 3.31. The largest absolute Gasteiger partial charge is 0.316 e. The SMILES string of the molecule is CNC1CCCC1c1c(C)cc(C)cc1F. The first-order valence-electron chi connectivity index (χ1n) is 6.07. The van der Waals surface area contributed by atoms with E-state index in [1.54, 1.807) is 6.07 Å². The van der Waals surface area contributed by atoms with Gasteiger partial charge in [-0.25, -0.2) is 4.39 Å². The third kappa shape index (κ3) is 1.99. The topological polar surface area (TPSA) is 12.0 Å². The molecule has 0 radical (unpaired) electrons. The minimum Gasteiger partial charge on any atom is -0.316 e. The minimum atomic E-state index is -0.0235. The van der Waals surface area contributed by atoms with E-state index in [-0.39, 0.29) is 5.82 Å². The Kier molecular flexibility index (Phi) is 3.29. The molecular weight excluding hydrogens is 201 g/mol.